The van der Waals surface area contributed by atoms with Crippen molar-refractivity contribution in [2.75, 3.05) is 13.7 Å². The maximum Gasteiger partial charge on any atom is 0.303 e. The summed E-state index contributed by atoms with van der Waals surface area (Å²) in [4.78, 5) is 30.2. The summed E-state index contributed by atoms with van der Waals surface area (Å²) < 4.78 is 21.8. The fraction of sp³-hybridized carbons (Fsp3) is 0.529. The largest absolute Gasteiger partial charge is 0.463 e. The Kier molecular flexibility index (Phi) is 8.71. The van der Waals surface area contributed by atoms with Crippen LogP contribution in [0.25, 0.3) is 10.4 Å². The first-order chi connectivity index (χ1) is 14.3. The van der Waals surface area contributed by atoms with Gasteiger partial charge in [0.2, 0.25) is 0 Å². The average Bonchev–Trinajstić information content (AvgIpc) is 2.68. The molecule has 30 heavy (non-hydrogen) atoms. The van der Waals surface area contributed by atoms with E-state index in [0.29, 0.717) is 4.90 Å². The average molecular weight is 456 g/mol. The minimum atomic E-state index is -1.04. The van der Waals surface area contributed by atoms with Crippen molar-refractivity contribution in [1.29, 1.82) is 5.26 Å². The summed E-state index contributed by atoms with van der Waals surface area (Å²) in [7, 11) is 1.39. The molecule has 1 aliphatic heterocycles. The van der Waals surface area contributed by atoms with Crippen molar-refractivity contribution in [2.24, 2.45) is 5.11 Å². The Labute approximate surface area is 181 Å². The first-order valence-electron chi connectivity index (χ1n) is 8.56. The van der Waals surface area contributed by atoms with E-state index in [0.717, 1.165) is 11.8 Å². The van der Waals surface area contributed by atoms with Gasteiger partial charge in [-0.05, 0) is 11.6 Å². The molecule has 11 nitrogen and oxygen atoms in total. The van der Waals surface area contributed by atoms with Crippen LogP contribution >= 0.6 is 23.4 Å². The predicted octanol–water partition coefficient (Wildman–Crippen LogP) is 2.61. The Morgan fingerprint density at radius 1 is 1.43 bits per heavy atom. The molecule has 5 atom stereocenters. The van der Waals surface area contributed by atoms with Crippen LogP contribution in [0.3, 0.4) is 0 Å². The quantitative estimate of drug-likeness (QED) is 0.261. The summed E-state index contributed by atoms with van der Waals surface area (Å²) in [6.07, 6.45) is -1.34. The summed E-state index contributed by atoms with van der Waals surface area (Å²) in [5.74, 6) is -1.18. The second-order valence-electron chi connectivity index (χ2n) is 6.05. The van der Waals surface area contributed by atoms with Gasteiger partial charge >= 0.3 is 11.9 Å². The second kappa shape index (κ2) is 11.0. The van der Waals surface area contributed by atoms with Gasteiger partial charge in [0.15, 0.2) is 5.69 Å². The first kappa shape index (κ1) is 23.7. The van der Waals surface area contributed by atoms with Crippen molar-refractivity contribution < 1.29 is 28.5 Å². The molecule has 0 bridgehead atoms. The third-order valence-electron chi connectivity index (χ3n) is 4.00. The number of carbonyl (C=O) groups is 2. The topological polar surface area (TPSA) is 157 Å². The zero-order chi connectivity index (χ0) is 22.3. The maximum atomic E-state index is 11.6. The van der Waals surface area contributed by atoms with Crippen LogP contribution in [-0.2, 0) is 28.5 Å². The molecule has 0 radical (unpaired) electrons. The second-order valence-corrected chi connectivity index (χ2v) is 7.63. The van der Waals surface area contributed by atoms with Crippen LogP contribution in [0.1, 0.15) is 19.5 Å². The van der Waals surface area contributed by atoms with Gasteiger partial charge in [0, 0.05) is 37.0 Å². The summed E-state index contributed by atoms with van der Waals surface area (Å²) >= 11 is 7.19. The molecule has 1 unspecified atom stereocenters. The molecule has 0 spiro atoms. The fourth-order valence-corrected chi connectivity index (χ4v) is 4.25. The number of hydrogen-bond acceptors (Lipinski definition) is 10. The molecular formula is C17H18ClN5O6S. The highest BCUT2D eigenvalue weighted by Gasteiger charge is 2.48. The molecule has 0 aliphatic carbocycles. The highest BCUT2D eigenvalue weighted by molar-refractivity contribution is 7.99. The van der Waals surface area contributed by atoms with E-state index in [9.17, 15) is 9.59 Å². The summed E-state index contributed by atoms with van der Waals surface area (Å²) in [5, 5.41) is 12.9. The minimum Gasteiger partial charge on any atom is -0.463 e. The van der Waals surface area contributed by atoms with E-state index >= 15 is 0 Å². The van der Waals surface area contributed by atoms with Crippen molar-refractivity contribution in [3.05, 3.63) is 33.4 Å². The van der Waals surface area contributed by atoms with E-state index in [1.807, 2.05) is 6.07 Å². The number of halogens is 1. The van der Waals surface area contributed by atoms with E-state index in [1.165, 1.54) is 33.2 Å². The van der Waals surface area contributed by atoms with Crippen LogP contribution < -0.4 is 0 Å². The summed E-state index contributed by atoms with van der Waals surface area (Å²) in [6.45, 7) is 2.19. The van der Waals surface area contributed by atoms with Gasteiger partial charge in [-0.2, -0.15) is 5.26 Å². The minimum absolute atomic E-state index is 0.0727. The number of nitrogens with zero attached hydrogens (tertiary/aromatic N) is 5. The number of azide groups is 1. The fourth-order valence-electron chi connectivity index (χ4n) is 2.80. The zero-order valence-electron chi connectivity index (χ0n) is 16.2. The van der Waals surface area contributed by atoms with E-state index in [1.54, 1.807) is 0 Å². The SMILES string of the molecule is CO[C@H]1C(Sc2cnc(C#N)c(Cl)c2)O[C@H](COC(C)=O)[C@H](OC(C)=O)[C@@H]1N=[N+]=[N-]. The van der Waals surface area contributed by atoms with Crippen molar-refractivity contribution in [3.8, 4) is 6.07 Å². The number of aromatic nitrogens is 1. The molecule has 2 rings (SSSR count). The highest BCUT2D eigenvalue weighted by atomic mass is 35.5. The lowest BCUT2D eigenvalue weighted by molar-refractivity contribution is -0.196. The number of hydrogen-bond donors (Lipinski definition) is 0. The van der Waals surface area contributed by atoms with E-state index in [4.69, 9.17) is 41.3 Å². The van der Waals surface area contributed by atoms with E-state index < -0.39 is 41.7 Å². The zero-order valence-corrected chi connectivity index (χ0v) is 17.8. The Bertz CT molecular complexity index is 890. The van der Waals surface area contributed by atoms with Gasteiger partial charge in [-0.15, -0.1) is 0 Å². The maximum absolute atomic E-state index is 11.6. The molecule has 1 aromatic rings. The monoisotopic (exact) mass is 455 g/mol. The van der Waals surface area contributed by atoms with Crippen molar-refractivity contribution in [1.82, 2.24) is 4.98 Å². The molecule has 1 fully saturated rings. The molecule has 1 saturated heterocycles. The third kappa shape index (κ3) is 5.98. The number of ether oxygens (including phenoxy) is 4. The molecule has 0 saturated carbocycles. The van der Waals surface area contributed by atoms with Crippen molar-refractivity contribution >= 4 is 35.3 Å². The normalized spacial score (nSPS) is 25.5. The molecule has 0 N–H and O–H groups in total. The highest BCUT2D eigenvalue weighted by Crippen LogP contribution is 2.37. The number of esters is 2. The van der Waals surface area contributed by atoms with Gasteiger partial charge in [0.25, 0.3) is 0 Å². The van der Waals surface area contributed by atoms with Crippen molar-refractivity contribution in [2.45, 2.75) is 48.5 Å². The van der Waals surface area contributed by atoms with Crippen LogP contribution in [-0.4, -0.2) is 60.4 Å². The number of nitriles is 1. The van der Waals surface area contributed by atoms with Gasteiger partial charge in [-0.3, -0.25) is 9.59 Å². The van der Waals surface area contributed by atoms with E-state index in [-0.39, 0.29) is 17.3 Å². The van der Waals surface area contributed by atoms with E-state index in [2.05, 4.69) is 15.0 Å². The lowest BCUT2D eigenvalue weighted by Crippen LogP contribution is -2.59. The standard InChI is InChI=1S/C17H18ClN5O6S/c1-8(24)27-7-13-15(28-9(2)25)14(22-23-20)16(26-3)17(29-13)30-10-4-11(18)12(5-19)21-6-10/h4,6,13-17H,7H2,1-3H3/t13-,14+,15+,16-,17?/m1/s1. The lowest BCUT2D eigenvalue weighted by atomic mass is 9.97. The van der Waals surface area contributed by atoms with Crippen LogP contribution in [0.15, 0.2) is 22.3 Å². The van der Waals surface area contributed by atoms with Crippen LogP contribution in [0.5, 0.6) is 0 Å². The third-order valence-corrected chi connectivity index (χ3v) is 5.40. The summed E-state index contributed by atoms with van der Waals surface area (Å²) in [5.41, 5.74) is 8.34. The molecular weight excluding hydrogens is 438 g/mol. The lowest BCUT2D eigenvalue weighted by Gasteiger charge is -2.43. The van der Waals surface area contributed by atoms with Gasteiger partial charge in [0.1, 0.15) is 42.5 Å². The molecule has 160 valence electrons. The molecule has 1 aliphatic rings. The van der Waals surface area contributed by atoms with Gasteiger partial charge in [0.05, 0.1) is 5.02 Å². The van der Waals surface area contributed by atoms with Gasteiger partial charge in [-0.25, -0.2) is 4.98 Å². The number of rotatable bonds is 7. The van der Waals surface area contributed by atoms with Crippen LogP contribution in [0.4, 0.5) is 0 Å². The van der Waals surface area contributed by atoms with Crippen molar-refractivity contribution in [3.63, 3.8) is 0 Å². The molecule has 1 aromatic heterocycles. The Balaban J connectivity index is 2.37. The molecule has 0 amide bonds. The Morgan fingerprint density at radius 3 is 2.70 bits per heavy atom. The Hall–Kier alpha value is -2.55. The van der Waals surface area contributed by atoms with Gasteiger partial charge in [-0.1, -0.05) is 28.5 Å². The molecule has 13 heteroatoms. The predicted molar refractivity (Wildman–Crippen MR) is 104 cm³/mol. The number of carbonyl (C=O) groups excluding carboxylic acids is 2. The smallest absolute Gasteiger partial charge is 0.303 e. The molecule has 0 aromatic carbocycles. The first-order valence-corrected chi connectivity index (χ1v) is 9.81. The van der Waals surface area contributed by atoms with Gasteiger partial charge < -0.3 is 18.9 Å². The molecule has 2 heterocycles. The number of pyridine rings is 1. The number of thioether (sulfide) groups is 1. The van der Waals surface area contributed by atoms with Crippen LogP contribution in [0.2, 0.25) is 5.02 Å². The van der Waals surface area contributed by atoms with Crippen LogP contribution in [0, 0.1) is 11.3 Å². The number of methoxy groups -OCH3 is 1. The summed E-state index contributed by atoms with van der Waals surface area (Å²) in [6, 6.07) is 2.44. The Morgan fingerprint density at radius 2 is 2.17 bits per heavy atom.